The van der Waals surface area contributed by atoms with Crippen LogP contribution in [0.25, 0.3) is 22.3 Å². The maximum atomic E-state index is 13.3. The van der Waals surface area contributed by atoms with Crippen molar-refractivity contribution in [1.82, 2.24) is 0 Å². The van der Waals surface area contributed by atoms with Crippen LogP contribution in [-0.2, 0) is 20.7 Å². The van der Waals surface area contributed by atoms with Gasteiger partial charge in [-0.05, 0) is 124 Å². The summed E-state index contributed by atoms with van der Waals surface area (Å²) in [5.74, 6) is 0.174. The Kier molecular flexibility index (Phi) is 7.73. The molecule has 1 unspecified atom stereocenters. The summed E-state index contributed by atoms with van der Waals surface area (Å²) in [6.45, 7) is 14.3. The van der Waals surface area contributed by atoms with Crippen molar-refractivity contribution in [3.05, 3.63) is 69.8 Å². The molecule has 216 valence electrons. The average molecular weight is 556 g/mol. The molecule has 2 N–H and O–H groups in total. The molecule has 1 saturated carbocycles. The Morgan fingerprint density at radius 1 is 0.976 bits per heavy atom. The quantitative estimate of drug-likeness (QED) is 0.295. The van der Waals surface area contributed by atoms with Crippen molar-refractivity contribution in [2.75, 3.05) is 11.9 Å². The van der Waals surface area contributed by atoms with Crippen molar-refractivity contribution < 1.29 is 24.2 Å². The SMILES string of the molecule is Cc1ccc(-c2c(C)c(-c3ccc4c(c3)CCO4)c(C(OC(C)(C)C)C(=O)O)c(C)c2NC(=O)CC2CC2)cc1C. The Hall–Kier alpha value is -3.64. The number of aryl methyl sites for hydroxylation is 2. The molecule has 1 heterocycles. The second-order valence-corrected chi connectivity index (χ2v) is 12.7. The second kappa shape index (κ2) is 11.0. The molecule has 0 saturated heterocycles. The number of hydrogen-bond acceptors (Lipinski definition) is 4. The summed E-state index contributed by atoms with van der Waals surface area (Å²) in [5.41, 5.74) is 9.17. The molecule has 3 aromatic rings. The zero-order valence-electron chi connectivity index (χ0n) is 25.2. The minimum Gasteiger partial charge on any atom is -0.493 e. The van der Waals surface area contributed by atoms with Crippen LogP contribution in [-0.4, -0.2) is 29.2 Å². The van der Waals surface area contributed by atoms with Crippen molar-refractivity contribution in [2.24, 2.45) is 5.92 Å². The van der Waals surface area contributed by atoms with E-state index < -0.39 is 17.7 Å². The van der Waals surface area contributed by atoms with Crippen molar-refractivity contribution in [3.63, 3.8) is 0 Å². The van der Waals surface area contributed by atoms with Crippen molar-refractivity contribution in [2.45, 2.75) is 85.9 Å². The Morgan fingerprint density at radius 3 is 2.29 bits per heavy atom. The third-order valence-corrected chi connectivity index (χ3v) is 8.22. The van der Waals surface area contributed by atoms with Crippen LogP contribution in [0.2, 0.25) is 0 Å². The number of carbonyl (C=O) groups excluding carboxylic acids is 1. The second-order valence-electron chi connectivity index (χ2n) is 12.7. The highest BCUT2D eigenvalue weighted by molar-refractivity contribution is 6.01. The molecule has 1 fully saturated rings. The van der Waals surface area contributed by atoms with Gasteiger partial charge in [-0.2, -0.15) is 0 Å². The Labute approximate surface area is 243 Å². The van der Waals surface area contributed by atoms with Gasteiger partial charge in [0.2, 0.25) is 5.91 Å². The lowest BCUT2D eigenvalue weighted by molar-refractivity contribution is -0.160. The average Bonchev–Trinajstić information content (AvgIpc) is 3.57. The fraction of sp³-hybridized carbons (Fsp3) is 0.429. The summed E-state index contributed by atoms with van der Waals surface area (Å²) in [5, 5.41) is 13.8. The third-order valence-electron chi connectivity index (χ3n) is 8.22. The predicted molar refractivity (Wildman–Crippen MR) is 163 cm³/mol. The normalized spacial score (nSPS) is 15.3. The first kappa shape index (κ1) is 28.9. The predicted octanol–water partition coefficient (Wildman–Crippen LogP) is 7.87. The molecule has 2 aliphatic rings. The lowest BCUT2D eigenvalue weighted by Gasteiger charge is -2.31. The topological polar surface area (TPSA) is 84.9 Å². The standard InChI is InChI=1S/C35H41NO5/c1-19-8-11-25(16-20(19)2)30-21(3)29(26-12-13-27-24(18-26)14-15-40-27)31(33(34(38)39)41-35(5,6)7)22(4)32(30)36-28(37)17-23-9-10-23/h8,11-13,16,18,23,33H,9-10,14-15,17H2,1-7H3,(H,36,37)(H,38,39). The van der Waals surface area contributed by atoms with Gasteiger partial charge in [-0.3, -0.25) is 4.79 Å². The molecule has 41 heavy (non-hydrogen) atoms. The fourth-order valence-corrected chi connectivity index (χ4v) is 5.84. The largest absolute Gasteiger partial charge is 0.493 e. The molecule has 1 atom stereocenters. The minimum absolute atomic E-state index is 0.0444. The Balaban J connectivity index is 1.83. The highest BCUT2D eigenvalue weighted by atomic mass is 16.5. The maximum absolute atomic E-state index is 13.3. The summed E-state index contributed by atoms with van der Waals surface area (Å²) in [4.78, 5) is 26.2. The molecule has 0 radical (unpaired) electrons. The lowest BCUT2D eigenvalue weighted by Crippen LogP contribution is -2.29. The van der Waals surface area contributed by atoms with Gasteiger partial charge >= 0.3 is 5.97 Å². The monoisotopic (exact) mass is 555 g/mol. The van der Waals surface area contributed by atoms with Gasteiger partial charge in [0.15, 0.2) is 6.10 Å². The van der Waals surface area contributed by atoms with Crippen LogP contribution in [0, 0.1) is 33.6 Å². The van der Waals surface area contributed by atoms with Crippen LogP contribution in [0.5, 0.6) is 5.75 Å². The minimum atomic E-state index is -1.24. The van der Waals surface area contributed by atoms with Crippen molar-refractivity contribution in [3.8, 4) is 28.0 Å². The number of anilines is 1. The van der Waals surface area contributed by atoms with Gasteiger partial charge in [-0.1, -0.05) is 24.3 Å². The molecular weight excluding hydrogens is 514 g/mol. The Bertz CT molecular complexity index is 1530. The van der Waals surface area contributed by atoms with Crippen LogP contribution in [0.3, 0.4) is 0 Å². The van der Waals surface area contributed by atoms with E-state index in [1.54, 1.807) is 0 Å². The van der Waals surface area contributed by atoms with Crippen LogP contribution < -0.4 is 10.1 Å². The molecule has 0 aromatic heterocycles. The molecule has 6 heteroatoms. The number of rotatable bonds is 8. The summed E-state index contributed by atoms with van der Waals surface area (Å²) in [6.07, 6.45) is 2.18. The molecule has 6 nitrogen and oxygen atoms in total. The van der Waals surface area contributed by atoms with Crippen LogP contribution in [0.15, 0.2) is 36.4 Å². The highest BCUT2D eigenvalue weighted by Crippen LogP contribution is 2.48. The summed E-state index contributed by atoms with van der Waals surface area (Å²) in [7, 11) is 0. The smallest absolute Gasteiger partial charge is 0.337 e. The first-order valence-corrected chi connectivity index (χ1v) is 14.5. The molecular formula is C35H41NO5. The lowest BCUT2D eigenvalue weighted by atomic mass is 9.81. The molecule has 0 spiro atoms. The molecule has 1 aliphatic carbocycles. The van der Waals surface area contributed by atoms with Gasteiger partial charge in [-0.15, -0.1) is 0 Å². The molecule has 0 bridgehead atoms. The number of aliphatic carboxylic acids is 1. The van der Waals surface area contributed by atoms with Crippen LogP contribution in [0.1, 0.15) is 79.5 Å². The highest BCUT2D eigenvalue weighted by Gasteiger charge is 2.35. The van der Waals surface area contributed by atoms with Gasteiger partial charge < -0.3 is 19.9 Å². The number of nitrogens with one attached hydrogen (secondary N) is 1. The number of fused-ring (bicyclic) bond motifs is 1. The number of amides is 1. The first-order chi connectivity index (χ1) is 19.3. The van der Waals surface area contributed by atoms with Crippen LogP contribution >= 0.6 is 0 Å². The number of benzene rings is 3. The van der Waals surface area contributed by atoms with Gasteiger partial charge in [0.05, 0.1) is 17.9 Å². The van der Waals surface area contributed by atoms with Crippen molar-refractivity contribution >= 4 is 17.6 Å². The molecule has 5 rings (SSSR count). The summed E-state index contributed by atoms with van der Waals surface area (Å²) < 4.78 is 12.0. The van der Waals surface area contributed by atoms with E-state index in [0.717, 1.165) is 64.0 Å². The molecule has 1 aliphatic heterocycles. The number of ether oxygens (including phenoxy) is 2. The Morgan fingerprint density at radius 2 is 1.66 bits per heavy atom. The molecule has 3 aromatic carbocycles. The zero-order valence-corrected chi connectivity index (χ0v) is 25.2. The summed E-state index contributed by atoms with van der Waals surface area (Å²) >= 11 is 0. The fourth-order valence-electron chi connectivity index (χ4n) is 5.84. The number of carboxylic acids is 1. The van der Waals surface area contributed by atoms with E-state index in [4.69, 9.17) is 9.47 Å². The number of carboxylic acid groups (broad SMARTS) is 1. The van der Waals surface area contributed by atoms with Gasteiger partial charge in [0.25, 0.3) is 0 Å². The summed E-state index contributed by atoms with van der Waals surface area (Å²) in [6, 6.07) is 12.4. The number of carbonyl (C=O) groups is 2. The zero-order chi connectivity index (χ0) is 29.6. The van der Waals surface area contributed by atoms with E-state index in [0.29, 0.717) is 35.8 Å². The van der Waals surface area contributed by atoms with Gasteiger partial charge in [-0.25, -0.2) is 4.79 Å². The van der Waals surface area contributed by atoms with Crippen molar-refractivity contribution in [1.29, 1.82) is 0 Å². The van der Waals surface area contributed by atoms with E-state index >= 15 is 0 Å². The molecule has 1 amide bonds. The van der Waals surface area contributed by atoms with E-state index in [2.05, 4.69) is 43.4 Å². The van der Waals surface area contributed by atoms with E-state index in [1.807, 2.05) is 46.8 Å². The van der Waals surface area contributed by atoms with E-state index in [1.165, 1.54) is 5.56 Å². The van der Waals surface area contributed by atoms with E-state index in [-0.39, 0.29) is 5.91 Å². The first-order valence-electron chi connectivity index (χ1n) is 14.5. The number of hydrogen-bond donors (Lipinski definition) is 2. The maximum Gasteiger partial charge on any atom is 0.337 e. The van der Waals surface area contributed by atoms with Crippen LogP contribution in [0.4, 0.5) is 5.69 Å². The van der Waals surface area contributed by atoms with Gasteiger partial charge in [0.1, 0.15) is 5.75 Å². The van der Waals surface area contributed by atoms with Gasteiger partial charge in [0, 0.05) is 24.0 Å². The third kappa shape index (κ3) is 6.03. The van der Waals surface area contributed by atoms with E-state index in [9.17, 15) is 14.7 Å².